The first-order valence-corrected chi connectivity index (χ1v) is 3.40. The van der Waals surface area contributed by atoms with Crippen LogP contribution in [0.15, 0.2) is 5.57 Å². The van der Waals surface area contributed by atoms with Gasteiger partial charge in [0.2, 0.25) is 0 Å². The zero-order valence-corrected chi connectivity index (χ0v) is 5.18. The number of carbonyl (C=O) groups excluding carboxylic acids is 1. The Balaban J connectivity index is 2.28. The Hall–Kier alpha value is -0.590. The number of nitrogens with one attached hydrogen (secondary N) is 1. The van der Waals surface area contributed by atoms with Gasteiger partial charge in [0.25, 0.3) is 0 Å². The lowest BCUT2D eigenvalue weighted by Gasteiger charge is -2.05. The standard InChI is InChI=1S/C7H9NO/c9-4-5-3-6-1-2-7(5)8-6/h6-8H,1-3H2. The van der Waals surface area contributed by atoms with Crippen LogP contribution in [0.3, 0.4) is 0 Å². The third-order valence-corrected chi connectivity index (χ3v) is 2.26. The molecule has 9 heavy (non-hydrogen) atoms. The van der Waals surface area contributed by atoms with Gasteiger partial charge < -0.3 is 5.32 Å². The van der Waals surface area contributed by atoms with Crippen LogP contribution in [0.5, 0.6) is 0 Å². The molecule has 2 unspecified atom stereocenters. The smallest absolute Gasteiger partial charge is 0.125 e. The fourth-order valence-corrected chi connectivity index (χ4v) is 1.78. The molecular weight excluding hydrogens is 114 g/mol. The molecule has 2 heterocycles. The summed E-state index contributed by atoms with van der Waals surface area (Å²) in [5, 5.41) is 3.33. The van der Waals surface area contributed by atoms with Crippen molar-refractivity contribution in [3.8, 4) is 0 Å². The van der Waals surface area contributed by atoms with Crippen molar-refractivity contribution in [1.82, 2.24) is 5.32 Å². The SMILES string of the molecule is O=C=C1CC2CCC1N2. The molecule has 0 aliphatic carbocycles. The van der Waals surface area contributed by atoms with Crippen molar-refractivity contribution in [2.45, 2.75) is 31.3 Å². The zero-order valence-electron chi connectivity index (χ0n) is 5.18. The molecule has 0 aromatic carbocycles. The van der Waals surface area contributed by atoms with Crippen LogP contribution >= 0.6 is 0 Å². The molecule has 0 radical (unpaired) electrons. The van der Waals surface area contributed by atoms with E-state index in [1.807, 2.05) is 5.94 Å². The van der Waals surface area contributed by atoms with E-state index in [9.17, 15) is 4.79 Å². The lowest BCUT2D eigenvalue weighted by Crippen LogP contribution is -2.18. The van der Waals surface area contributed by atoms with Gasteiger partial charge in [-0.2, -0.15) is 0 Å². The summed E-state index contributed by atoms with van der Waals surface area (Å²) >= 11 is 0. The summed E-state index contributed by atoms with van der Waals surface area (Å²) in [6.45, 7) is 0. The molecular formula is C7H9NO. The Morgan fingerprint density at radius 2 is 2.44 bits per heavy atom. The van der Waals surface area contributed by atoms with E-state index in [1.54, 1.807) is 0 Å². The third-order valence-electron chi connectivity index (χ3n) is 2.26. The van der Waals surface area contributed by atoms with Crippen molar-refractivity contribution in [1.29, 1.82) is 0 Å². The van der Waals surface area contributed by atoms with Crippen LogP contribution in [0.4, 0.5) is 0 Å². The quantitative estimate of drug-likeness (QED) is 0.468. The first-order chi connectivity index (χ1) is 4.40. The molecule has 0 spiro atoms. The minimum atomic E-state index is 0.396. The number of fused-ring (bicyclic) bond motifs is 2. The van der Waals surface area contributed by atoms with Crippen LogP contribution in [0, 0.1) is 0 Å². The van der Waals surface area contributed by atoms with Crippen LogP contribution in [0.25, 0.3) is 0 Å². The molecule has 2 nitrogen and oxygen atoms in total. The molecule has 2 aliphatic rings. The predicted octanol–water partition coefficient (Wildman–Crippen LogP) is 0.269. The maximum atomic E-state index is 10.2. The van der Waals surface area contributed by atoms with E-state index < -0.39 is 0 Å². The lowest BCUT2D eigenvalue weighted by atomic mass is 9.96. The number of hydrogen-bond acceptors (Lipinski definition) is 2. The minimum Gasteiger partial charge on any atom is -0.306 e. The fraction of sp³-hybridized carbons (Fsp3) is 0.714. The molecule has 0 aromatic heterocycles. The minimum absolute atomic E-state index is 0.396. The molecule has 2 rings (SSSR count). The molecule has 2 fully saturated rings. The molecule has 1 N–H and O–H groups in total. The van der Waals surface area contributed by atoms with E-state index in [2.05, 4.69) is 5.32 Å². The first-order valence-electron chi connectivity index (χ1n) is 3.40. The predicted molar refractivity (Wildman–Crippen MR) is 33.8 cm³/mol. The van der Waals surface area contributed by atoms with Gasteiger partial charge in [0, 0.05) is 17.7 Å². The van der Waals surface area contributed by atoms with Crippen LogP contribution in [-0.2, 0) is 4.79 Å². The summed E-state index contributed by atoms with van der Waals surface area (Å²) in [7, 11) is 0. The summed E-state index contributed by atoms with van der Waals surface area (Å²) in [6, 6.07) is 0.999. The van der Waals surface area contributed by atoms with Crippen molar-refractivity contribution in [2.75, 3.05) is 0 Å². The second-order valence-corrected chi connectivity index (χ2v) is 2.82. The summed E-state index contributed by atoms with van der Waals surface area (Å²) < 4.78 is 0. The molecule has 0 amide bonds. The van der Waals surface area contributed by atoms with E-state index in [0.29, 0.717) is 12.1 Å². The fourth-order valence-electron chi connectivity index (χ4n) is 1.78. The van der Waals surface area contributed by atoms with Crippen molar-refractivity contribution < 1.29 is 4.79 Å². The number of hydrogen-bond donors (Lipinski definition) is 1. The van der Waals surface area contributed by atoms with Gasteiger partial charge >= 0.3 is 0 Å². The molecule has 2 aliphatic heterocycles. The van der Waals surface area contributed by atoms with Gasteiger partial charge in [0.05, 0.1) is 0 Å². The lowest BCUT2D eigenvalue weighted by molar-refractivity contribution is 0.561. The normalized spacial score (nSPS) is 39.3. The van der Waals surface area contributed by atoms with Crippen LogP contribution in [-0.4, -0.2) is 18.0 Å². The average Bonchev–Trinajstić information content (AvgIpc) is 2.45. The van der Waals surface area contributed by atoms with Crippen molar-refractivity contribution in [3.05, 3.63) is 5.57 Å². The highest BCUT2D eigenvalue weighted by atomic mass is 16.1. The Labute approximate surface area is 53.9 Å². The second kappa shape index (κ2) is 1.69. The Morgan fingerprint density at radius 3 is 2.78 bits per heavy atom. The van der Waals surface area contributed by atoms with Gasteiger partial charge in [-0.25, -0.2) is 4.79 Å². The average molecular weight is 123 g/mol. The monoisotopic (exact) mass is 123 g/mol. The van der Waals surface area contributed by atoms with Crippen molar-refractivity contribution in [3.63, 3.8) is 0 Å². The van der Waals surface area contributed by atoms with E-state index >= 15 is 0 Å². The topological polar surface area (TPSA) is 29.1 Å². The Bertz CT molecular complexity index is 181. The van der Waals surface area contributed by atoms with Gasteiger partial charge in [0.15, 0.2) is 0 Å². The third kappa shape index (κ3) is 0.640. The summed E-state index contributed by atoms with van der Waals surface area (Å²) in [4.78, 5) is 10.2. The highest BCUT2D eigenvalue weighted by Gasteiger charge is 2.35. The van der Waals surface area contributed by atoms with Crippen LogP contribution in [0.1, 0.15) is 19.3 Å². The molecule has 2 bridgehead atoms. The maximum absolute atomic E-state index is 10.2. The van der Waals surface area contributed by atoms with Crippen LogP contribution < -0.4 is 5.32 Å². The molecule has 0 saturated carbocycles. The first kappa shape index (κ1) is 5.21. The largest absolute Gasteiger partial charge is 0.306 e. The van der Waals surface area contributed by atoms with Gasteiger partial charge in [-0.1, -0.05) is 0 Å². The zero-order chi connectivity index (χ0) is 6.27. The molecule has 0 aromatic rings. The molecule has 48 valence electrons. The van der Waals surface area contributed by atoms with E-state index in [0.717, 1.165) is 18.4 Å². The Kier molecular flexibility index (Phi) is 0.981. The molecule has 2 heteroatoms. The number of rotatable bonds is 0. The Morgan fingerprint density at radius 1 is 1.56 bits per heavy atom. The van der Waals surface area contributed by atoms with Gasteiger partial charge in [-0.15, -0.1) is 0 Å². The van der Waals surface area contributed by atoms with Gasteiger partial charge in [0.1, 0.15) is 5.94 Å². The van der Waals surface area contributed by atoms with Crippen LogP contribution in [0.2, 0.25) is 0 Å². The summed E-state index contributed by atoms with van der Waals surface area (Å²) in [5.74, 6) is 2.00. The highest BCUT2D eigenvalue weighted by molar-refractivity contribution is 5.56. The van der Waals surface area contributed by atoms with Crippen molar-refractivity contribution in [2.24, 2.45) is 0 Å². The van der Waals surface area contributed by atoms with E-state index in [4.69, 9.17) is 0 Å². The van der Waals surface area contributed by atoms with Crippen molar-refractivity contribution >= 4 is 5.94 Å². The highest BCUT2D eigenvalue weighted by Crippen LogP contribution is 2.30. The molecule has 2 atom stereocenters. The summed E-state index contributed by atoms with van der Waals surface area (Å²) in [5.41, 5.74) is 0.964. The van der Waals surface area contributed by atoms with E-state index in [-0.39, 0.29) is 0 Å². The van der Waals surface area contributed by atoms with Gasteiger partial charge in [-0.3, -0.25) is 0 Å². The van der Waals surface area contributed by atoms with Gasteiger partial charge in [-0.05, 0) is 19.3 Å². The maximum Gasteiger partial charge on any atom is 0.125 e. The summed E-state index contributed by atoms with van der Waals surface area (Å²) in [6.07, 6.45) is 3.35. The molecule has 2 saturated heterocycles. The van der Waals surface area contributed by atoms with E-state index in [1.165, 1.54) is 6.42 Å². The second-order valence-electron chi connectivity index (χ2n) is 2.82.